The van der Waals surface area contributed by atoms with Crippen molar-refractivity contribution < 1.29 is 4.79 Å². The molecule has 0 aromatic carbocycles. The molecule has 0 saturated heterocycles. The lowest BCUT2D eigenvalue weighted by Gasteiger charge is -2.32. The topological polar surface area (TPSA) is 46.3 Å². The molecule has 2 N–H and O–H groups in total. The number of hydrogen-bond donors (Lipinski definition) is 1. The van der Waals surface area contributed by atoms with Crippen LogP contribution in [0.25, 0.3) is 0 Å². The molecule has 1 heterocycles. The standard InChI is InChI=1S/C12H20N2OS/c1-5-12(3,13)11(15)14(4)9(2)10-7-6-8-16-10/h6-9H,5,13H2,1-4H3. The Hall–Kier alpha value is -0.870. The zero-order valence-corrected chi connectivity index (χ0v) is 11.2. The predicted octanol–water partition coefficient (Wildman–Crippen LogP) is 2.39. The number of rotatable bonds is 4. The number of thiophene rings is 1. The maximum absolute atomic E-state index is 12.1. The van der Waals surface area contributed by atoms with E-state index < -0.39 is 5.54 Å². The highest BCUT2D eigenvalue weighted by molar-refractivity contribution is 7.10. The molecule has 90 valence electrons. The van der Waals surface area contributed by atoms with E-state index in [4.69, 9.17) is 5.73 Å². The van der Waals surface area contributed by atoms with Crippen LogP contribution < -0.4 is 5.73 Å². The summed E-state index contributed by atoms with van der Waals surface area (Å²) in [7, 11) is 1.81. The number of likely N-dealkylation sites (N-methyl/N-ethyl adjacent to an activating group) is 1. The summed E-state index contributed by atoms with van der Waals surface area (Å²) in [6, 6.07) is 4.12. The van der Waals surface area contributed by atoms with E-state index in [2.05, 4.69) is 0 Å². The van der Waals surface area contributed by atoms with Gasteiger partial charge in [-0.15, -0.1) is 11.3 Å². The van der Waals surface area contributed by atoms with Crippen LogP contribution in [-0.2, 0) is 4.79 Å². The third-order valence-electron chi connectivity index (χ3n) is 3.08. The lowest BCUT2D eigenvalue weighted by molar-refractivity contribution is -0.137. The molecule has 16 heavy (non-hydrogen) atoms. The Morgan fingerprint density at radius 1 is 1.69 bits per heavy atom. The molecule has 0 radical (unpaired) electrons. The van der Waals surface area contributed by atoms with E-state index in [1.54, 1.807) is 23.2 Å². The summed E-state index contributed by atoms with van der Waals surface area (Å²) >= 11 is 1.66. The van der Waals surface area contributed by atoms with E-state index in [0.29, 0.717) is 6.42 Å². The van der Waals surface area contributed by atoms with Gasteiger partial charge in [0.1, 0.15) is 0 Å². The Morgan fingerprint density at radius 2 is 2.31 bits per heavy atom. The molecule has 4 heteroatoms. The second-order valence-corrected chi connectivity index (χ2v) is 5.36. The van der Waals surface area contributed by atoms with Gasteiger partial charge < -0.3 is 10.6 Å². The molecule has 0 saturated carbocycles. The molecule has 1 aromatic heterocycles. The van der Waals surface area contributed by atoms with Crippen molar-refractivity contribution in [1.82, 2.24) is 4.90 Å². The molecule has 0 spiro atoms. The minimum absolute atomic E-state index is 0.00380. The van der Waals surface area contributed by atoms with Gasteiger partial charge in [-0.2, -0.15) is 0 Å². The van der Waals surface area contributed by atoms with Crippen LogP contribution in [0.2, 0.25) is 0 Å². The van der Waals surface area contributed by atoms with E-state index in [1.165, 1.54) is 4.88 Å². The fourth-order valence-electron chi connectivity index (χ4n) is 1.45. The van der Waals surface area contributed by atoms with Gasteiger partial charge in [0.15, 0.2) is 0 Å². The van der Waals surface area contributed by atoms with Crippen LogP contribution in [0.5, 0.6) is 0 Å². The smallest absolute Gasteiger partial charge is 0.242 e. The summed E-state index contributed by atoms with van der Waals surface area (Å²) in [5.74, 6) is -0.00380. The van der Waals surface area contributed by atoms with Crippen LogP contribution in [0.1, 0.15) is 38.1 Å². The lowest BCUT2D eigenvalue weighted by Crippen LogP contribution is -2.52. The van der Waals surface area contributed by atoms with Crippen LogP contribution >= 0.6 is 11.3 Å². The molecule has 0 aliphatic carbocycles. The quantitative estimate of drug-likeness (QED) is 0.878. The Bertz CT molecular complexity index is 346. The molecule has 0 bridgehead atoms. The van der Waals surface area contributed by atoms with Crippen molar-refractivity contribution in [3.8, 4) is 0 Å². The molecule has 1 amide bonds. The van der Waals surface area contributed by atoms with E-state index in [-0.39, 0.29) is 11.9 Å². The van der Waals surface area contributed by atoms with Crippen LogP contribution in [0.15, 0.2) is 17.5 Å². The van der Waals surface area contributed by atoms with Gasteiger partial charge in [0, 0.05) is 11.9 Å². The highest BCUT2D eigenvalue weighted by Gasteiger charge is 2.31. The first-order valence-electron chi connectivity index (χ1n) is 5.49. The van der Waals surface area contributed by atoms with Gasteiger partial charge >= 0.3 is 0 Å². The van der Waals surface area contributed by atoms with Gasteiger partial charge in [0.05, 0.1) is 11.6 Å². The average Bonchev–Trinajstić information content (AvgIpc) is 2.79. The van der Waals surface area contributed by atoms with Gasteiger partial charge in [-0.05, 0) is 31.7 Å². The maximum Gasteiger partial charge on any atom is 0.242 e. The zero-order chi connectivity index (χ0) is 12.3. The monoisotopic (exact) mass is 240 g/mol. The minimum Gasteiger partial charge on any atom is -0.337 e. The molecular formula is C12H20N2OS. The Kier molecular flexibility index (Phi) is 4.10. The fraction of sp³-hybridized carbons (Fsp3) is 0.583. The van der Waals surface area contributed by atoms with Crippen molar-refractivity contribution in [1.29, 1.82) is 0 Å². The van der Waals surface area contributed by atoms with Crippen molar-refractivity contribution >= 4 is 17.2 Å². The second-order valence-electron chi connectivity index (χ2n) is 4.38. The number of amides is 1. The number of nitrogens with zero attached hydrogens (tertiary/aromatic N) is 1. The highest BCUT2D eigenvalue weighted by Crippen LogP contribution is 2.25. The largest absolute Gasteiger partial charge is 0.337 e. The zero-order valence-electron chi connectivity index (χ0n) is 10.4. The van der Waals surface area contributed by atoms with Crippen molar-refractivity contribution in [2.24, 2.45) is 5.73 Å². The first-order valence-corrected chi connectivity index (χ1v) is 6.37. The van der Waals surface area contributed by atoms with Gasteiger partial charge in [-0.1, -0.05) is 13.0 Å². The third kappa shape index (κ3) is 2.62. The number of carbonyl (C=O) groups is 1. The molecule has 3 nitrogen and oxygen atoms in total. The molecular weight excluding hydrogens is 220 g/mol. The summed E-state index contributed by atoms with van der Waals surface area (Å²) < 4.78 is 0. The van der Waals surface area contributed by atoms with Gasteiger partial charge in [-0.3, -0.25) is 4.79 Å². The van der Waals surface area contributed by atoms with Crippen LogP contribution in [0.4, 0.5) is 0 Å². The van der Waals surface area contributed by atoms with Gasteiger partial charge in [-0.25, -0.2) is 0 Å². The normalized spacial score (nSPS) is 16.6. The third-order valence-corrected chi connectivity index (χ3v) is 4.12. The minimum atomic E-state index is -0.764. The van der Waals surface area contributed by atoms with Crippen LogP contribution in [0.3, 0.4) is 0 Å². The number of hydrogen-bond acceptors (Lipinski definition) is 3. The van der Waals surface area contributed by atoms with Gasteiger partial charge in [0.2, 0.25) is 5.91 Å². The molecule has 1 aromatic rings. The Morgan fingerprint density at radius 3 is 2.75 bits per heavy atom. The van der Waals surface area contributed by atoms with Gasteiger partial charge in [0.25, 0.3) is 0 Å². The summed E-state index contributed by atoms with van der Waals surface area (Å²) in [6.45, 7) is 5.74. The van der Waals surface area contributed by atoms with Crippen molar-refractivity contribution in [3.05, 3.63) is 22.4 Å². The van der Waals surface area contributed by atoms with Crippen LogP contribution in [-0.4, -0.2) is 23.4 Å². The summed E-state index contributed by atoms with van der Waals surface area (Å²) in [5, 5.41) is 2.02. The Balaban J connectivity index is 2.79. The number of carbonyl (C=O) groups excluding carboxylic acids is 1. The number of nitrogens with two attached hydrogens (primary N) is 1. The van der Waals surface area contributed by atoms with E-state index in [9.17, 15) is 4.79 Å². The van der Waals surface area contributed by atoms with Crippen molar-refractivity contribution in [3.63, 3.8) is 0 Å². The van der Waals surface area contributed by atoms with E-state index in [0.717, 1.165) is 0 Å². The fourth-order valence-corrected chi connectivity index (χ4v) is 2.28. The molecule has 0 aliphatic rings. The summed E-state index contributed by atoms with van der Waals surface area (Å²) in [4.78, 5) is 15.1. The first-order chi connectivity index (χ1) is 7.40. The SMILES string of the molecule is CCC(C)(N)C(=O)N(C)C(C)c1cccs1. The summed E-state index contributed by atoms with van der Waals surface area (Å²) in [5.41, 5.74) is 5.20. The molecule has 2 atom stereocenters. The van der Waals surface area contributed by atoms with E-state index in [1.807, 2.05) is 38.4 Å². The molecule has 1 rings (SSSR count). The maximum atomic E-state index is 12.1. The highest BCUT2D eigenvalue weighted by atomic mass is 32.1. The molecule has 2 unspecified atom stereocenters. The predicted molar refractivity (Wildman–Crippen MR) is 68.4 cm³/mol. The molecule has 0 fully saturated rings. The second kappa shape index (κ2) is 4.97. The van der Waals surface area contributed by atoms with Crippen molar-refractivity contribution in [2.45, 2.75) is 38.8 Å². The molecule has 0 aliphatic heterocycles. The average molecular weight is 240 g/mol. The first kappa shape index (κ1) is 13.2. The van der Waals surface area contributed by atoms with E-state index >= 15 is 0 Å². The summed E-state index contributed by atoms with van der Waals surface area (Å²) in [6.07, 6.45) is 0.646. The van der Waals surface area contributed by atoms with Crippen LogP contribution in [0, 0.1) is 0 Å². The Labute approximate surface area is 101 Å². The van der Waals surface area contributed by atoms with Crippen molar-refractivity contribution in [2.75, 3.05) is 7.05 Å². The lowest BCUT2D eigenvalue weighted by atomic mass is 9.98.